The Balaban J connectivity index is 1.74. The van der Waals surface area contributed by atoms with Crippen LogP contribution in [0.5, 0.6) is 0 Å². The monoisotopic (exact) mass is 293 g/mol. The Morgan fingerprint density at radius 1 is 0.944 bits per heavy atom. The Morgan fingerprint density at radius 3 is 2.50 bits per heavy atom. The van der Waals surface area contributed by atoms with Gasteiger partial charge in [-0.2, -0.15) is 0 Å². The summed E-state index contributed by atoms with van der Waals surface area (Å²) in [7, 11) is 3.10. The van der Waals surface area contributed by atoms with Crippen molar-refractivity contribution in [3.63, 3.8) is 0 Å². The maximum absolute atomic E-state index is 5.84. The third-order valence-corrected chi connectivity index (χ3v) is 4.67. The second-order valence-electron chi connectivity index (χ2n) is 3.57. The van der Waals surface area contributed by atoms with Crippen molar-refractivity contribution in [2.75, 3.05) is 0 Å². The van der Waals surface area contributed by atoms with Gasteiger partial charge in [0.2, 0.25) is 0 Å². The van der Waals surface area contributed by atoms with Crippen LogP contribution >= 0.6 is 33.2 Å². The molecular weight excluding hydrogens is 286 g/mol. The number of rotatable bonds is 3. The van der Waals surface area contributed by atoms with Crippen molar-refractivity contribution in [2.24, 2.45) is 0 Å². The van der Waals surface area contributed by atoms with E-state index in [-0.39, 0.29) is 0 Å². The molecule has 2 aromatic carbocycles. The van der Waals surface area contributed by atoms with Crippen LogP contribution in [0.3, 0.4) is 0 Å². The molecule has 0 amide bonds. The Hall–Kier alpha value is -1.10. The van der Waals surface area contributed by atoms with Gasteiger partial charge >= 0.3 is 0 Å². The molecule has 0 saturated carbocycles. The van der Waals surface area contributed by atoms with Crippen molar-refractivity contribution in [3.05, 3.63) is 53.6 Å². The van der Waals surface area contributed by atoms with E-state index in [1.54, 1.807) is 10.8 Å². The van der Waals surface area contributed by atoms with Gasteiger partial charge in [-0.3, -0.25) is 0 Å². The van der Waals surface area contributed by atoms with Crippen LogP contribution < -0.4 is 0 Å². The van der Waals surface area contributed by atoms with E-state index in [0.29, 0.717) is 5.22 Å². The summed E-state index contributed by atoms with van der Waals surface area (Å²) in [6.07, 6.45) is 0. The molecule has 0 aliphatic carbocycles. The van der Waals surface area contributed by atoms with Gasteiger partial charge in [0.25, 0.3) is 5.22 Å². The highest BCUT2D eigenvalue weighted by Crippen LogP contribution is 2.38. The Kier molecular flexibility index (Phi) is 3.50. The van der Waals surface area contributed by atoms with Crippen LogP contribution in [0.15, 0.2) is 63.1 Å². The maximum Gasteiger partial charge on any atom is 0.268 e. The van der Waals surface area contributed by atoms with E-state index in [1.807, 2.05) is 48.5 Å². The molecule has 3 aromatic rings. The molecule has 5 heteroatoms. The molecule has 90 valence electrons. The minimum Gasteiger partial charge on any atom is -0.431 e. The lowest BCUT2D eigenvalue weighted by Crippen LogP contribution is -1.69. The molecule has 0 N–H and O–H groups in total. The van der Waals surface area contributed by atoms with Crippen molar-refractivity contribution < 1.29 is 4.42 Å². The third-order valence-electron chi connectivity index (χ3n) is 2.30. The molecule has 0 radical (unpaired) electrons. The van der Waals surface area contributed by atoms with Gasteiger partial charge in [0.1, 0.15) is 5.52 Å². The normalized spacial score (nSPS) is 10.9. The summed E-state index contributed by atoms with van der Waals surface area (Å²) in [6, 6.07) is 15.4. The molecule has 0 aliphatic heterocycles. The van der Waals surface area contributed by atoms with Gasteiger partial charge in [0.05, 0.1) is 0 Å². The lowest BCUT2D eigenvalue weighted by molar-refractivity contribution is 0.491. The number of aromatic nitrogens is 1. The van der Waals surface area contributed by atoms with Crippen molar-refractivity contribution in [1.82, 2.24) is 4.98 Å². The van der Waals surface area contributed by atoms with Crippen LogP contribution in [0, 0.1) is 0 Å². The Labute approximate surface area is 117 Å². The first-order valence-electron chi connectivity index (χ1n) is 5.27. The highest BCUT2D eigenvalue weighted by Gasteiger charge is 2.06. The fourth-order valence-electron chi connectivity index (χ4n) is 1.46. The highest BCUT2D eigenvalue weighted by molar-refractivity contribution is 8.76. The topological polar surface area (TPSA) is 26.0 Å². The second kappa shape index (κ2) is 5.26. The Morgan fingerprint density at radius 2 is 1.72 bits per heavy atom. The van der Waals surface area contributed by atoms with Gasteiger partial charge in [-0.15, -0.1) is 0 Å². The summed E-state index contributed by atoms with van der Waals surface area (Å²) in [6.45, 7) is 0. The van der Waals surface area contributed by atoms with Crippen molar-refractivity contribution in [1.29, 1.82) is 0 Å². The molecule has 3 rings (SSSR count). The van der Waals surface area contributed by atoms with Crippen LogP contribution in [0.4, 0.5) is 0 Å². The van der Waals surface area contributed by atoms with Crippen LogP contribution in [0.2, 0.25) is 5.02 Å². The predicted octanol–water partition coefficient (Wildman–Crippen LogP) is 5.28. The van der Waals surface area contributed by atoms with Crippen molar-refractivity contribution in [2.45, 2.75) is 10.1 Å². The van der Waals surface area contributed by atoms with E-state index >= 15 is 0 Å². The van der Waals surface area contributed by atoms with Gasteiger partial charge in [-0.1, -0.05) is 23.7 Å². The van der Waals surface area contributed by atoms with Gasteiger partial charge in [-0.05, 0) is 47.2 Å². The summed E-state index contributed by atoms with van der Waals surface area (Å²) < 4.78 is 5.62. The van der Waals surface area contributed by atoms with Crippen LogP contribution in [0.25, 0.3) is 11.1 Å². The van der Waals surface area contributed by atoms with E-state index in [2.05, 4.69) is 4.98 Å². The second-order valence-corrected chi connectivity index (χ2v) is 6.16. The van der Waals surface area contributed by atoms with Gasteiger partial charge in [0, 0.05) is 20.7 Å². The fourth-order valence-corrected chi connectivity index (χ4v) is 3.31. The highest BCUT2D eigenvalue weighted by atomic mass is 35.5. The summed E-state index contributed by atoms with van der Waals surface area (Å²) in [5, 5.41) is 1.40. The molecule has 1 aromatic heterocycles. The lowest BCUT2D eigenvalue weighted by atomic mass is 10.3. The van der Waals surface area contributed by atoms with Crippen LogP contribution in [0.1, 0.15) is 0 Å². The molecule has 2 nitrogen and oxygen atoms in total. The number of hydrogen-bond acceptors (Lipinski definition) is 4. The number of nitrogens with zero attached hydrogens (tertiary/aromatic N) is 1. The molecule has 0 aliphatic rings. The van der Waals surface area contributed by atoms with Gasteiger partial charge < -0.3 is 4.42 Å². The first-order valence-corrected chi connectivity index (χ1v) is 7.80. The zero-order valence-electron chi connectivity index (χ0n) is 9.17. The third kappa shape index (κ3) is 2.66. The molecule has 18 heavy (non-hydrogen) atoms. The molecular formula is C13H8ClNOS2. The van der Waals surface area contributed by atoms with Crippen molar-refractivity contribution >= 4 is 44.3 Å². The number of hydrogen-bond donors (Lipinski definition) is 0. The first-order chi connectivity index (χ1) is 8.81. The summed E-state index contributed by atoms with van der Waals surface area (Å²) in [5.74, 6) is 0. The largest absolute Gasteiger partial charge is 0.431 e. The zero-order chi connectivity index (χ0) is 12.4. The standard InChI is InChI=1S/C13H8ClNOS2/c14-9-5-7-10(8-6-9)17-18-13-15-11-3-1-2-4-12(11)16-13/h1-8H. The number of oxazole rings is 1. The maximum atomic E-state index is 5.84. The quantitative estimate of drug-likeness (QED) is 0.614. The minimum atomic E-state index is 0.663. The predicted molar refractivity (Wildman–Crippen MR) is 77.2 cm³/mol. The van der Waals surface area contributed by atoms with E-state index in [4.69, 9.17) is 16.0 Å². The summed E-state index contributed by atoms with van der Waals surface area (Å²) >= 11 is 5.84. The zero-order valence-corrected chi connectivity index (χ0v) is 11.6. The summed E-state index contributed by atoms with van der Waals surface area (Å²) in [4.78, 5) is 5.51. The van der Waals surface area contributed by atoms with Gasteiger partial charge in [0.15, 0.2) is 5.58 Å². The molecule has 0 saturated heterocycles. The number of fused-ring (bicyclic) bond motifs is 1. The van der Waals surface area contributed by atoms with E-state index in [9.17, 15) is 0 Å². The molecule has 0 spiro atoms. The lowest BCUT2D eigenvalue weighted by Gasteiger charge is -1.97. The molecule has 0 atom stereocenters. The molecule has 0 fully saturated rings. The van der Waals surface area contributed by atoms with Gasteiger partial charge in [-0.25, -0.2) is 4.98 Å². The van der Waals surface area contributed by atoms with E-state index in [0.717, 1.165) is 21.0 Å². The Bertz CT molecular complexity index is 633. The van der Waals surface area contributed by atoms with Crippen LogP contribution in [-0.4, -0.2) is 4.98 Å². The number of benzene rings is 2. The number of halogens is 1. The average Bonchev–Trinajstić information content (AvgIpc) is 2.81. The SMILES string of the molecule is Clc1ccc(SSc2nc3ccccc3o2)cc1. The summed E-state index contributed by atoms with van der Waals surface area (Å²) in [5.41, 5.74) is 1.70. The number of para-hydroxylation sites is 2. The molecule has 0 unspecified atom stereocenters. The average molecular weight is 294 g/mol. The van der Waals surface area contributed by atoms with Crippen molar-refractivity contribution in [3.8, 4) is 0 Å². The van der Waals surface area contributed by atoms with E-state index in [1.165, 1.54) is 10.8 Å². The smallest absolute Gasteiger partial charge is 0.268 e. The minimum absolute atomic E-state index is 0.663. The molecule has 0 bridgehead atoms. The first kappa shape index (κ1) is 12.0. The van der Waals surface area contributed by atoms with Crippen LogP contribution in [-0.2, 0) is 0 Å². The fraction of sp³-hybridized carbons (Fsp3) is 0. The molecule has 1 heterocycles. The van der Waals surface area contributed by atoms with E-state index < -0.39 is 0 Å².